The third kappa shape index (κ3) is 6.07. The van der Waals surface area contributed by atoms with E-state index in [1.807, 2.05) is 47.8 Å². The number of ether oxygens (including phenoxy) is 1. The zero-order valence-electron chi connectivity index (χ0n) is 23.8. The van der Waals surface area contributed by atoms with E-state index in [4.69, 9.17) is 9.73 Å². The van der Waals surface area contributed by atoms with Gasteiger partial charge in [-0.05, 0) is 54.8 Å². The number of thiazole rings is 1. The molecule has 4 heterocycles. The maximum Gasteiger partial charge on any atom is 0.338 e. The number of thiophene rings is 1. The first-order valence-corrected chi connectivity index (χ1v) is 16.1. The van der Waals surface area contributed by atoms with E-state index in [0.717, 1.165) is 28.0 Å². The van der Waals surface area contributed by atoms with E-state index < -0.39 is 22.5 Å². The van der Waals surface area contributed by atoms with Gasteiger partial charge < -0.3 is 9.72 Å². The SMILES string of the molecule is CCOC(=O)C1=C(c2ccccc2)N=c2s/c(=C/c3ccc(Sc4nc(C)cc(=O)[nH]4)c([N+](=O)[O-])c3)c(=O)n2[C@H]1c1cccs1. The van der Waals surface area contributed by atoms with Crippen LogP contribution in [-0.4, -0.2) is 32.0 Å². The van der Waals surface area contributed by atoms with Gasteiger partial charge in [-0.15, -0.1) is 11.3 Å². The van der Waals surface area contributed by atoms with Crippen LogP contribution in [0.1, 0.15) is 34.7 Å². The molecule has 0 fully saturated rings. The lowest BCUT2D eigenvalue weighted by atomic mass is 9.97. The maximum atomic E-state index is 14.0. The molecule has 0 radical (unpaired) electrons. The van der Waals surface area contributed by atoms with Crippen LogP contribution >= 0.6 is 34.4 Å². The smallest absolute Gasteiger partial charge is 0.338 e. The molecule has 0 saturated carbocycles. The third-order valence-electron chi connectivity index (χ3n) is 6.72. The predicted molar refractivity (Wildman–Crippen MR) is 172 cm³/mol. The van der Waals surface area contributed by atoms with Crippen molar-refractivity contribution in [3.05, 3.63) is 140 Å². The molecular weight excluding hydrogens is 635 g/mol. The summed E-state index contributed by atoms with van der Waals surface area (Å²) in [6.07, 6.45) is 1.57. The van der Waals surface area contributed by atoms with Gasteiger partial charge in [0.2, 0.25) is 0 Å². The molecule has 226 valence electrons. The number of carbonyl (C=O) groups is 1. The number of benzene rings is 2. The van der Waals surface area contributed by atoms with Gasteiger partial charge in [0.05, 0.1) is 32.2 Å². The molecule has 6 rings (SSSR count). The second-order valence-corrected chi connectivity index (χ2v) is 12.7. The lowest BCUT2D eigenvalue weighted by molar-refractivity contribution is -0.387. The first-order valence-electron chi connectivity index (χ1n) is 13.6. The number of nitrogens with one attached hydrogen (secondary N) is 1. The summed E-state index contributed by atoms with van der Waals surface area (Å²) in [4.78, 5) is 63.9. The Morgan fingerprint density at radius 3 is 2.64 bits per heavy atom. The van der Waals surface area contributed by atoms with E-state index in [-0.39, 0.29) is 38.0 Å². The van der Waals surface area contributed by atoms with E-state index in [0.29, 0.717) is 27.3 Å². The number of esters is 1. The summed E-state index contributed by atoms with van der Waals surface area (Å²) in [7, 11) is 0. The predicted octanol–water partition coefficient (Wildman–Crippen LogP) is 4.45. The molecule has 1 atom stereocenters. The van der Waals surface area contributed by atoms with Crippen LogP contribution in [0.25, 0.3) is 11.8 Å². The van der Waals surface area contributed by atoms with Gasteiger partial charge in [0.25, 0.3) is 16.8 Å². The van der Waals surface area contributed by atoms with Gasteiger partial charge in [-0.25, -0.2) is 14.8 Å². The molecule has 2 aromatic carbocycles. The molecule has 14 heteroatoms. The van der Waals surface area contributed by atoms with Crippen LogP contribution in [-0.2, 0) is 9.53 Å². The monoisotopic (exact) mass is 657 g/mol. The standard InChI is InChI=1S/C31H23N5O6S3/c1-3-42-29(39)25-26(19-8-5-4-6-9-19)34-31-35(27(25)22-10-7-13-43-22)28(38)23(45-31)16-18-11-12-21(20(15-18)36(40)41)44-30-32-17(2)14-24(37)33-30/h4-16,27H,3H2,1-2H3,(H,32,33,37)/b23-16+/t27-/m0/s1. The lowest BCUT2D eigenvalue weighted by Gasteiger charge is -2.24. The average molecular weight is 658 g/mol. The summed E-state index contributed by atoms with van der Waals surface area (Å²) < 4.78 is 7.23. The van der Waals surface area contributed by atoms with Crippen LogP contribution in [0.15, 0.2) is 102 Å². The number of nitrogens with zero attached hydrogens (tertiary/aromatic N) is 4. The number of carbonyl (C=O) groups excluding carboxylic acids is 1. The fourth-order valence-electron chi connectivity index (χ4n) is 4.87. The summed E-state index contributed by atoms with van der Waals surface area (Å²) in [5.74, 6) is -0.569. The zero-order valence-corrected chi connectivity index (χ0v) is 26.2. The number of aryl methyl sites for hydroxylation is 1. The van der Waals surface area contributed by atoms with Crippen molar-refractivity contribution < 1.29 is 14.5 Å². The number of rotatable bonds is 8. The summed E-state index contributed by atoms with van der Waals surface area (Å²) in [5.41, 5.74) is 1.31. The largest absolute Gasteiger partial charge is 0.463 e. The van der Waals surface area contributed by atoms with E-state index in [2.05, 4.69) is 9.97 Å². The second-order valence-electron chi connectivity index (χ2n) is 9.73. The Hall–Kier alpha value is -4.92. The molecule has 11 nitrogen and oxygen atoms in total. The number of nitro benzene ring substituents is 1. The van der Waals surface area contributed by atoms with Crippen molar-refractivity contribution in [2.45, 2.75) is 29.9 Å². The van der Waals surface area contributed by atoms with E-state index >= 15 is 0 Å². The highest BCUT2D eigenvalue weighted by atomic mass is 32.2. The van der Waals surface area contributed by atoms with Crippen molar-refractivity contribution in [1.29, 1.82) is 0 Å². The number of nitro groups is 1. The number of aromatic amines is 1. The van der Waals surface area contributed by atoms with Crippen molar-refractivity contribution in [2.24, 2.45) is 4.99 Å². The highest BCUT2D eigenvalue weighted by Crippen LogP contribution is 2.37. The van der Waals surface area contributed by atoms with E-state index in [1.165, 1.54) is 28.0 Å². The van der Waals surface area contributed by atoms with Crippen LogP contribution in [0.2, 0.25) is 0 Å². The van der Waals surface area contributed by atoms with Gasteiger partial charge in [-0.2, -0.15) is 0 Å². The number of hydrogen-bond acceptors (Lipinski definition) is 11. The molecular formula is C31H23N5O6S3. The average Bonchev–Trinajstić information content (AvgIpc) is 3.65. The van der Waals surface area contributed by atoms with E-state index in [9.17, 15) is 24.5 Å². The molecule has 0 saturated heterocycles. The van der Waals surface area contributed by atoms with Crippen LogP contribution in [0, 0.1) is 17.0 Å². The van der Waals surface area contributed by atoms with Crippen molar-refractivity contribution in [3.8, 4) is 0 Å². The molecule has 5 aromatic rings. The Bertz CT molecular complexity index is 2220. The number of fused-ring (bicyclic) bond motifs is 1. The Kier molecular flexibility index (Phi) is 8.43. The van der Waals surface area contributed by atoms with Crippen LogP contribution in [0.4, 0.5) is 5.69 Å². The van der Waals surface area contributed by atoms with Crippen molar-refractivity contribution >= 4 is 57.9 Å². The fraction of sp³-hybridized carbons (Fsp3) is 0.129. The zero-order chi connectivity index (χ0) is 31.7. The second kappa shape index (κ2) is 12.6. The van der Waals surface area contributed by atoms with Gasteiger partial charge in [0.1, 0.15) is 6.04 Å². The van der Waals surface area contributed by atoms with E-state index in [1.54, 1.807) is 32.1 Å². The van der Waals surface area contributed by atoms with Crippen LogP contribution < -0.4 is 20.5 Å². The number of H-pyrrole nitrogens is 1. The van der Waals surface area contributed by atoms with Gasteiger partial charge >= 0.3 is 5.97 Å². The topological polar surface area (TPSA) is 150 Å². The summed E-state index contributed by atoms with van der Waals surface area (Å²) >= 11 is 3.50. The molecule has 0 amide bonds. The highest BCUT2D eigenvalue weighted by Gasteiger charge is 2.35. The minimum absolute atomic E-state index is 0.148. The molecule has 0 unspecified atom stereocenters. The summed E-state index contributed by atoms with van der Waals surface area (Å²) in [5, 5.41) is 14.1. The first kappa shape index (κ1) is 30.1. The molecule has 3 aromatic heterocycles. The number of hydrogen-bond donors (Lipinski definition) is 1. The van der Waals surface area contributed by atoms with Crippen molar-refractivity contribution in [1.82, 2.24) is 14.5 Å². The molecule has 0 bridgehead atoms. The molecule has 1 aliphatic heterocycles. The van der Waals surface area contributed by atoms with Crippen LogP contribution in [0.5, 0.6) is 0 Å². The number of aromatic nitrogens is 3. The molecule has 1 N–H and O–H groups in total. The van der Waals surface area contributed by atoms with Crippen molar-refractivity contribution in [3.63, 3.8) is 0 Å². The Balaban J connectivity index is 1.50. The molecule has 1 aliphatic rings. The minimum atomic E-state index is -0.783. The summed E-state index contributed by atoms with van der Waals surface area (Å²) in [6, 6.07) is 18.1. The fourth-order valence-corrected chi connectivity index (χ4v) is 7.61. The highest BCUT2D eigenvalue weighted by molar-refractivity contribution is 7.99. The van der Waals surface area contributed by atoms with Gasteiger partial charge in [-0.1, -0.05) is 53.8 Å². The summed E-state index contributed by atoms with van der Waals surface area (Å²) in [6.45, 7) is 3.53. The first-order chi connectivity index (χ1) is 21.7. The van der Waals surface area contributed by atoms with Crippen LogP contribution in [0.3, 0.4) is 0 Å². The van der Waals surface area contributed by atoms with Gasteiger partial charge in [0.15, 0.2) is 9.96 Å². The molecule has 0 spiro atoms. The maximum absolute atomic E-state index is 14.0. The minimum Gasteiger partial charge on any atom is -0.463 e. The Labute approximate surface area is 267 Å². The molecule has 0 aliphatic carbocycles. The lowest BCUT2D eigenvalue weighted by Crippen LogP contribution is -2.39. The molecule has 45 heavy (non-hydrogen) atoms. The quantitative estimate of drug-likeness (QED) is 0.111. The van der Waals surface area contributed by atoms with Gasteiger partial charge in [0, 0.05) is 28.3 Å². The van der Waals surface area contributed by atoms with Crippen molar-refractivity contribution in [2.75, 3.05) is 6.61 Å². The Morgan fingerprint density at radius 2 is 1.96 bits per heavy atom. The Morgan fingerprint density at radius 1 is 1.16 bits per heavy atom. The van der Waals surface area contributed by atoms with Gasteiger partial charge in [-0.3, -0.25) is 24.3 Å². The third-order valence-corrected chi connectivity index (χ3v) is 9.58. The normalized spacial score (nSPS) is 14.6.